The van der Waals surface area contributed by atoms with Gasteiger partial charge < -0.3 is 10.1 Å². The minimum Gasteiger partial charge on any atom is -0.496 e. The van der Waals surface area contributed by atoms with E-state index in [4.69, 9.17) is 4.74 Å². The zero-order chi connectivity index (χ0) is 13.8. The van der Waals surface area contributed by atoms with Gasteiger partial charge in [-0.3, -0.25) is 4.79 Å². The Balaban J connectivity index is 2.59. The normalized spacial score (nSPS) is 10.5. The average Bonchev–Trinajstić information content (AvgIpc) is 2.43. The zero-order valence-corrected chi connectivity index (χ0v) is 11.3. The molecule has 0 aliphatic rings. The van der Waals surface area contributed by atoms with Gasteiger partial charge in [0.05, 0.1) is 12.8 Å². The lowest BCUT2D eigenvalue weighted by atomic mass is 10.1. The average molecular weight is 259 g/mol. The Morgan fingerprint density at radius 1 is 1.37 bits per heavy atom. The fourth-order valence-electron chi connectivity index (χ4n) is 1.98. The lowest BCUT2D eigenvalue weighted by Crippen LogP contribution is -2.26. The molecule has 0 aliphatic carbocycles. The number of para-hydroxylation sites is 1. The van der Waals surface area contributed by atoms with E-state index in [0.717, 1.165) is 17.0 Å². The van der Waals surface area contributed by atoms with Crippen LogP contribution < -0.4 is 15.6 Å². The Morgan fingerprint density at radius 3 is 2.79 bits per heavy atom. The minimum atomic E-state index is -0.0898. The van der Waals surface area contributed by atoms with Crippen molar-refractivity contribution in [1.29, 1.82) is 0 Å². The van der Waals surface area contributed by atoms with Crippen molar-refractivity contribution in [2.75, 3.05) is 14.2 Å². The molecule has 0 saturated heterocycles. The minimum absolute atomic E-state index is 0.0898. The molecule has 0 unspecified atom stereocenters. The molecule has 0 saturated carbocycles. The van der Waals surface area contributed by atoms with Crippen LogP contribution >= 0.6 is 0 Å². The van der Waals surface area contributed by atoms with Crippen molar-refractivity contribution < 1.29 is 4.74 Å². The van der Waals surface area contributed by atoms with Crippen LogP contribution in [0.3, 0.4) is 0 Å². The van der Waals surface area contributed by atoms with E-state index in [2.05, 4.69) is 10.4 Å². The van der Waals surface area contributed by atoms with Crippen LogP contribution in [0.1, 0.15) is 5.56 Å². The maximum atomic E-state index is 11.9. The molecule has 0 aliphatic heterocycles. The first-order valence-corrected chi connectivity index (χ1v) is 6.02. The van der Waals surface area contributed by atoms with Crippen LogP contribution in [0.15, 0.2) is 35.1 Å². The smallest absolute Gasteiger partial charge is 0.271 e. The summed E-state index contributed by atoms with van der Waals surface area (Å²) in [7, 11) is 5.08. The third kappa shape index (κ3) is 2.66. The van der Waals surface area contributed by atoms with Gasteiger partial charge >= 0.3 is 0 Å². The summed E-state index contributed by atoms with van der Waals surface area (Å²) >= 11 is 0. The van der Waals surface area contributed by atoms with Crippen LogP contribution in [0, 0.1) is 0 Å². The van der Waals surface area contributed by atoms with Gasteiger partial charge in [-0.15, -0.1) is 0 Å². The van der Waals surface area contributed by atoms with E-state index in [-0.39, 0.29) is 5.56 Å². The van der Waals surface area contributed by atoms with Crippen molar-refractivity contribution in [3.63, 3.8) is 0 Å². The summed E-state index contributed by atoms with van der Waals surface area (Å²) in [5, 5.41) is 7.28. The number of rotatable bonds is 4. The molecule has 1 aromatic heterocycles. The molecule has 5 heteroatoms. The van der Waals surface area contributed by atoms with Crippen LogP contribution in [0.25, 0.3) is 11.3 Å². The van der Waals surface area contributed by atoms with E-state index in [1.807, 2.05) is 31.3 Å². The highest BCUT2D eigenvalue weighted by atomic mass is 16.5. The second kappa shape index (κ2) is 5.67. The standard InChI is InChI=1S/C14H17N3O2/c1-15-9-10-8-12(16-17(2)14(10)18)11-6-4-5-7-13(11)19-3/h4-8,15H,9H2,1-3H3. The van der Waals surface area contributed by atoms with E-state index >= 15 is 0 Å². The summed E-state index contributed by atoms with van der Waals surface area (Å²) in [6.07, 6.45) is 0. The summed E-state index contributed by atoms with van der Waals surface area (Å²) in [5.74, 6) is 0.740. The number of hydrogen-bond donors (Lipinski definition) is 1. The summed E-state index contributed by atoms with van der Waals surface area (Å²) in [6, 6.07) is 9.42. The lowest BCUT2D eigenvalue weighted by Gasteiger charge is -2.10. The zero-order valence-electron chi connectivity index (χ0n) is 11.3. The number of aromatic nitrogens is 2. The van der Waals surface area contributed by atoms with E-state index < -0.39 is 0 Å². The Bertz CT molecular complexity index is 635. The highest BCUT2D eigenvalue weighted by Gasteiger charge is 2.10. The summed E-state index contributed by atoms with van der Waals surface area (Å²) in [6.45, 7) is 0.511. The molecular formula is C14H17N3O2. The van der Waals surface area contributed by atoms with Gasteiger partial charge in [0.2, 0.25) is 0 Å². The van der Waals surface area contributed by atoms with Crippen molar-refractivity contribution >= 4 is 0 Å². The van der Waals surface area contributed by atoms with Crippen molar-refractivity contribution in [1.82, 2.24) is 15.1 Å². The Labute approximate surface area is 111 Å². The maximum absolute atomic E-state index is 11.9. The molecule has 2 aromatic rings. The molecule has 1 N–H and O–H groups in total. The van der Waals surface area contributed by atoms with Crippen LogP contribution in [-0.2, 0) is 13.6 Å². The fraction of sp³-hybridized carbons (Fsp3) is 0.286. The molecule has 1 heterocycles. The van der Waals surface area contributed by atoms with Crippen molar-refractivity contribution in [3.05, 3.63) is 46.2 Å². The number of aryl methyl sites for hydroxylation is 1. The number of methoxy groups -OCH3 is 1. The molecule has 100 valence electrons. The van der Waals surface area contributed by atoms with Crippen LogP contribution in [0.2, 0.25) is 0 Å². The van der Waals surface area contributed by atoms with E-state index in [1.54, 1.807) is 20.2 Å². The third-order valence-electron chi connectivity index (χ3n) is 2.89. The fourth-order valence-corrected chi connectivity index (χ4v) is 1.98. The molecule has 0 atom stereocenters. The van der Waals surface area contributed by atoms with Gasteiger partial charge in [0.1, 0.15) is 5.75 Å². The first-order valence-electron chi connectivity index (χ1n) is 6.02. The third-order valence-corrected chi connectivity index (χ3v) is 2.89. The van der Waals surface area contributed by atoms with Gasteiger partial charge in [-0.25, -0.2) is 4.68 Å². The molecule has 1 aromatic carbocycles. The van der Waals surface area contributed by atoms with Gasteiger partial charge in [0.25, 0.3) is 5.56 Å². The first-order chi connectivity index (χ1) is 9.17. The number of ether oxygens (including phenoxy) is 1. The monoisotopic (exact) mass is 259 g/mol. The molecule has 0 spiro atoms. The highest BCUT2D eigenvalue weighted by Crippen LogP contribution is 2.27. The molecule has 0 fully saturated rings. The molecule has 19 heavy (non-hydrogen) atoms. The Kier molecular flexibility index (Phi) is 3.97. The van der Waals surface area contributed by atoms with E-state index in [0.29, 0.717) is 12.1 Å². The number of hydrogen-bond acceptors (Lipinski definition) is 4. The van der Waals surface area contributed by atoms with Gasteiger partial charge in [-0.05, 0) is 25.2 Å². The second-order valence-corrected chi connectivity index (χ2v) is 4.21. The number of nitrogens with zero attached hydrogens (tertiary/aromatic N) is 2. The summed E-state index contributed by atoms with van der Waals surface area (Å²) in [5.41, 5.74) is 2.19. The van der Waals surface area contributed by atoms with Gasteiger partial charge in [-0.2, -0.15) is 5.10 Å². The van der Waals surface area contributed by atoms with Crippen LogP contribution in [-0.4, -0.2) is 23.9 Å². The predicted octanol–water partition coefficient (Wildman–Crippen LogP) is 1.18. The molecule has 5 nitrogen and oxygen atoms in total. The lowest BCUT2D eigenvalue weighted by molar-refractivity contribution is 0.416. The highest BCUT2D eigenvalue weighted by molar-refractivity contribution is 5.67. The molecule has 0 radical (unpaired) electrons. The number of benzene rings is 1. The molecule has 0 amide bonds. The molecular weight excluding hydrogens is 242 g/mol. The molecule has 2 rings (SSSR count). The Hall–Kier alpha value is -2.14. The predicted molar refractivity (Wildman–Crippen MR) is 74.2 cm³/mol. The number of nitrogens with one attached hydrogen (secondary N) is 1. The van der Waals surface area contributed by atoms with Crippen LogP contribution in [0.4, 0.5) is 0 Å². The van der Waals surface area contributed by atoms with Crippen molar-refractivity contribution in [3.8, 4) is 17.0 Å². The van der Waals surface area contributed by atoms with E-state index in [9.17, 15) is 4.79 Å². The maximum Gasteiger partial charge on any atom is 0.271 e. The molecule has 0 bridgehead atoms. The first kappa shape index (κ1) is 13.3. The van der Waals surface area contributed by atoms with E-state index in [1.165, 1.54) is 4.68 Å². The second-order valence-electron chi connectivity index (χ2n) is 4.21. The largest absolute Gasteiger partial charge is 0.496 e. The quantitative estimate of drug-likeness (QED) is 0.895. The topological polar surface area (TPSA) is 56.1 Å². The van der Waals surface area contributed by atoms with Crippen LogP contribution in [0.5, 0.6) is 5.75 Å². The van der Waals surface area contributed by atoms with Crippen molar-refractivity contribution in [2.24, 2.45) is 7.05 Å². The van der Waals surface area contributed by atoms with Gasteiger partial charge in [-0.1, -0.05) is 12.1 Å². The van der Waals surface area contributed by atoms with Crippen molar-refractivity contribution in [2.45, 2.75) is 6.54 Å². The summed E-state index contributed by atoms with van der Waals surface area (Å²) in [4.78, 5) is 11.9. The Morgan fingerprint density at radius 2 is 2.11 bits per heavy atom. The SMILES string of the molecule is CNCc1cc(-c2ccccc2OC)nn(C)c1=O. The van der Waals surface area contributed by atoms with Gasteiger partial charge in [0, 0.05) is 24.7 Å². The van der Waals surface area contributed by atoms with Gasteiger partial charge in [0.15, 0.2) is 0 Å². The summed E-state index contributed by atoms with van der Waals surface area (Å²) < 4.78 is 6.68.